The van der Waals surface area contributed by atoms with Gasteiger partial charge in [-0.05, 0) is 107 Å². The number of hydrogen-bond acceptors (Lipinski definition) is 14. The Morgan fingerprint density at radius 2 is 1.11 bits per heavy atom. The molecule has 103 heavy (non-hydrogen) atoms. The Morgan fingerprint density at radius 1 is 0.602 bits per heavy atom. The van der Waals surface area contributed by atoms with Gasteiger partial charge >= 0.3 is 18.1 Å². The molecule has 0 radical (unpaired) electrons. The zero-order valence-corrected chi connectivity index (χ0v) is 63.9. The van der Waals surface area contributed by atoms with E-state index in [0.717, 1.165) is 75.5 Å². The molecule has 4 heterocycles. The molecule has 0 aromatic carbocycles. The lowest BCUT2D eigenvalue weighted by Gasteiger charge is -2.42. The van der Waals surface area contributed by atoms with Gasteiger partial charge in [0.15, 0.2) is 0 Å². The molecule has 4 saturated heterocycles. The largest absolute Gasteiger partial charge is 0.346 e. The SMILES string of the molecule is C=CCNC(=O)C(=O)C(CC1CC1)NC(=O)[C@@H]1[C@@H]2[C@H](CN1C(=O)[C@@H](NC(=O)N(C)[C@H](CN1C(=O)CNC1=O)C(C)(C)C)C(C)(C)C)C2(C)C.C=CCNC(=O)C(=O)C(CCC)NC(=O)[C@@H]1[C@@H]2[C@H](CN1C(=O)[C@@H](NC(=O)N[C@H](CN1C(=O)CC3(CCCC3)CC1=O)C(C)(C)C)C1CCCCC1)C2(C)C. The van der Waals surface area contributed by atoms with Crippen molar-refractivity contribution in [3.05, 3.63) is 25.3 Å². The summed E-state index contributed by atoms with van der Waals surface area (Å²) in [6, 6.07) is -8.57. The van der Waals surface area contributed by atoms with Gasteiger partial charge in [-0.25, -0.2) is 14.4 Å². The number of nitrogens with one attached hydrogen (secondary N) is 8. The summed E-state index contributed by atoms with van der Waals surface area (Å²) in [6.07, 6.45) is 14.8. The summed E-state index contributed by atoms with van der Waals surface area (Å²) in [5, 5.41) is 22.1. The number of Topliss-reactive ketones (excluding diaryl/α,β-unsaturated/α-hetero) is 2. The van der Waals surface area contributed by atoms with E-state index in [4.69, 9.17) is 0 Å². The minimum Gasteiger partial charge on any atom is -0.346 e. The number of amides is 15. The number of urea groups is 3. The van der Waals surface area contributed by atoms with Gasteiger partial charge in [-0.15, -0.1) is 13.2 Å². The number of carbonyl (C=O) groups excluding carboxylic acids is 14. The number of fused-ring (bicyclic) bond motifs is 2. The molecule has 5 aliphatic carbocycles. The average Bonchev–Trinajstić information content (AvgIpc) is 1.53. The lowest BCUT2D eigenvalue weighted by atomic mass is 9.76. The fraction of sp³-hybridized carbons (Fsp3) is 0.763. The van der Waals surface area contributed by atoms with E-state index in [1.54, 1.807) is 11.9 Å². The predicted molar refractivity (Wildman–Crippen MR) is 385 cm³/mol. The van der Waals surface area contributed by atoms with Crippen molar-refractivity contribution in [1.29, 1.82) is 0 Å². The molecule has 12 atom stereocenters. The quantitative estimate of drug-likeness (QED) is 0.0213. The van der Waals surface area contributed by atoms with Gasteiger partial charge in [0.1, 0.15) is 24.2 Å². The first-order chi connectivity index (χ1) is 48.0. The predicted octanol–water partition coefficient (Wildman–Crippen LogP) is 5.65. The van der Waals surface area contributed by atoms with E-state index in [9.17, 15) is 67.1 Å². The number of hydrogen-bond donors (Lipinski definition) is 8. The maximum absolute atomic E-state index is 14.7. The Hall–Kier alpha value is -7.74. The van der Waals surface area contributed by atoms with Gasteiger partial charge in [0.25, 0.3) is 11.8 Å². The van der Waals surface area contributed by atoms with E-state index < -0.39 is 124 Å². The van der Waals surface area contributed by atoms with Crippen LogP contribution in [0.1, 0.15) is 200 Å². The Morgan fingerprint density at radius 3 is 1.56 bits per heavy atom. The van der Waals surface area contributed by atoms with E-state index >= 15 is 0 Å². The van der Waals surface area contributed by atoms with Crippen LogP contribution in [0.15, 0.2) is 25.3 Å². The van der Waals surface area contributed by atoms with Crippen molar-refractivity contribution in [2.24, 2.45) is 68.0 Å². The molecule has 9 fully saturated rings. The topological polar surface area (TPSA) is 351 Å². The highest BCUT2D eigenvalue weighted by atomic mass is 16.2. The summed E-state index contributed by atoms with van der Waals surface area (Å²) >= 11 is 0. The second-order valence-corrected chi connectivity index (χ2v) is 35.4. The maximum atomic E-state index is 14.7. The molecule has 15 amide bonds. The zero-order chi connectivity index (χ0) is 76.4. The van der Waals surface area contributed by atoms with E-state index in [0.29, 0.717) is 38.8 Å². The van der Waals surface area contributed by atoms with Gasteiger partial charge < -0.3 is 57.2 Å². The summed E-state index contributed by atoms with van der Waals surface area (Å²) in [7, 11) is 1.57. The molecule has 8 N–H and O–H groups in total. The number of likely N-dealkylation sites (tertiary alicyclic amines) is 3. The summed E-state index contributed by atoms with van der Waals surface area (Å²) in [4.78, 5) is 195. The van der Waals surface area contributed by atoms with Gasteiger partial charge in [-0.3, -0.25) is 62.5 Å². The second kappa shape index (κ2) is 31.9. The van der Waals surface area contributed by atoms with Crippen LogP contribution in [0.4, 0.5) is 14.4 Å². The van der Waals surface area contributed by atoms with Crippen LogP contribution in [0.2, 0.25) is 0 Å². The number of carbonyl (C=O) groups is 14. The number of nitrogens with zero attached hydrogens (tertiary/aromatic N) is 5. The van der Waals surface area contributed by atoms with Crippen LogP contribution in [0.3, 0.4) is 0 Å². The van der Waals surface area contributed by atoms with Crippen LogP contribution in [-0.4, -0.2) is 209 Å². The van der Waals surface area contributed by atoms with Crippen molar-refractivity contribution in [3.8, 4) is 0 Å². The number of imide groups is 2. The molecule has 5 saturated carbocycles. The fourth-order valence-electron chi connectivity index (χ4n) is 17.2. The number of ketones is 2. The van der Waals surface area contributed by atoms with Crippen molar-refractivity contribution < 1.29 is 67.1 Å². The van der Waals surface area contributed by atoms with Crippen LogP contribution < -0.4 is 42.5 Å². The number of likely N-dealkylation sites (N-methyl/N-ethyl adjacent to an activating group) is 1. The highest BCUT2D eigenvalue weighted by Gasteiger charge is 2.71. The van der Waals surface area contributed by atoms with Crippen molar-refractivity contribution >= 4 is 82.8 Å². The molecule has 0 aromatic heterocycles. The van der Waals surface area contributed by atoms with Crippen molar-refractivity contribution in [3.63, 3.8) is 0 Å². The average molecular weight is 1440 g/mol. The van der Waals surface area contributed by atoms with Gasteiger partial charge in [0.05, 0.1) is 37.3 Å². The molecule has 2 unspecified atom stereocenters. The lowest BCUT2D eigenvalue weighted by Crippen LogP contribution is -2.63. The third-order valence-corrected chi connectivity index (χ3v) is 24.1. The number of piperidine rings is 3. The molecule has 27 nitrogen and oxygen atoms in total. The minimum absolute atomic E-state index is 0.0224. The summed E-state index contributed by atoms with van der Waals surface area (Å²) in [6.45, 7) is 35.1. The van der Waals surface area contributed by atoms with Gasteiger partial charge in [0.2, 0.25) is 52.9 Å². The first-order valence-corrected chi connectivity index (χ1v) is 37.6. The molecule has 0 bridgehead atoms. The third-order valence-electron chi connectivity index (χ3n) is 24.1. The monoisotopic (exact) mass is 1440 g/mol. The van der Waals surface area contributed by atoms with E-state index in [-0.39, 0.29) is 115 Å². The smallest absolute Gasteiger partial charge is 0.324 e. The molecule has 27 heteroatoms. The Balaban J connectivity index is 0.000000262. The maximum Gasteiger partial charge on any atom is 0.324 e. The van der Waals surface area contributed by atoms with E-state index in [2.05, 4.69) is 83.4 Å². The minimum atomic E-state index is -1.04. The fourth-order valence-corrected chi connectivity index (χ4v) is 17.2. The first kappa shape index (κ1) is 80.9. The highest BCUT2D eigenvalue weighted by molar-refractivity contribution is 6.39. The first-order valence-electron chi connectivity index (χ1n) is 37.6. The molecule has 9 aliphatic rings. The van der Waals surface area contributed by atoms with Crippen LogP contribution in [0, 0.1) is 68.0 Å². The highest BCUT2D eigenvalue weighted by Crippen LogP contribution is 2.66. The Labute approximate surface area is 608 Å². The van der Waals surface area contributed by atoms with E-state index in [1.807, 2.05) is 69.2 Å². The molecule has 0 aromatic rings. The van der Waals surface area contributed by atoms with Crippen LogP contribution in [0.25, 0.3) is 0 Å². The van der Waals surface area contributed by atoms with Gasteiger partial charge in [-0.1, -0.05) is 160 Å². The van der Waals surface area contributed by atoms with Crippen molar-refractivity contribution in [2.75, 3.05) is 52.9 Å². The Bertz CT molecular complexity index is 3280. The second-order valence-electron chi connectivity index (χ2n) is 35.4. The van der Waals surface area contributed by atoms with Gasteiger partial charge in [0, 0.05) is 52.6 Å². The molecule has 4 aliphatic heterocycles. The number of rotatable bonds is 27. The van der Waals surface area contributed by atoms with Crippen LogP contribution in [0.5, 0.6) is 0 Å². The third kappa shape index (κ3) is 18.5. The summed E-state index contributed by atoms with van der Waals surface area (Å²) in [5.74, 6) is -5.63. The normalized spacial score (nSPS) is 25.5. The zero-order valence-electron chi connectivity index (χ0n) is 63.9. The Kier molecular flexibility index (Phi) is 25.1. The standard InChI is InChI=1S/C41H64N6O7.C35H55N7O7/c1-8-15-27(34(50)36(52)42-20-9-2)43-35(51)33-31-26(40(31,6)7)23-47(33)37(53)32(25-16-11-10-12-17-25)45-38(54)44-28(39(3,4)5)24-46-29(48)21-41(22-30(46)49)18-13-14-19-41;1-11-14-36-29(46)26(44)21(15-19-12-13-19)38-28(45)25-24-20(35(24,8)9)17-42(25)30(47)27(34(5,6)7)39-32(49)40(10)22(33(2,3)4)18-41-23(43)16-37-31(41)48/h9,25-28,31-33H,2,8,10-24H2,1,3-7H3,(H,42,52)(H,43,51)(H2,44,45,54);11,19-22,24-25,27H,1,12-18H2,2-10H3,(H,36,46)(H,37,48)(H,38,45)(H,39,49)/t26-,27?,28+,31-,32-,33-;20-,21?,22+,24-,25-,27+/m00/s1. The summed E-state index contributed by atoms with van der Waals surface area (Å²) < 4.78 is 0. The lowest BCUT2D eigenvalue weighted by molar-refractivity contribution is -0.154. The van der Waals surface area contributed by atoms with Crippen molar-refractivity contribution in [2.45, 2.75) is 248 Å². The van der Waals surface area contributed by atoms with Gasteiger partial charge in [-0.2, -0.15) is 0 Å². The van der Waals surface area contributed by atoms with Crippen molar-refractivity contribution in [1.82, 2.24) is 67.0 Å². The molecule has 1 spiro atoms. The summed E-state index contributed by atoms with van der Waals surface area (Å²) in [5.41, 5.74) is -2.48. The molecular weight excluding hydrogens is 1320 g/mol. The molecular formula is C76H119N13O14. The van der Waals surface area contributed by atoms with Crippen LogP contribution in [-0.2, 0) is 52.7 Å². The molecule has 572 valence electrons. The molecule has 9 rings (SSSR count). The van der Waals surface area contributed by atoms with Crippen LogP contribution >= 0.6 is 0 Å². The van der Waals surface area contributed by atoms with E-state index in [1.165, 1.54) is 26.9 Å².